The Hall–Kier alpha value is -2.18. The molecule has 0 fully saturated rings. The Morgan fingerprint density at radius 3 is 1.07 bits per heavy atom. The van der Waals surface area contributed by atoms with Crippen molar-refractivity contribution in [2.24, 2.45) is 0 Å². The molecule has 0 aromatic rings. The molecule has 0 aromatic carbocycles. The number of aliphatic hydroxyl groups excluding tert-OH is 2. The van der Waals surface area contributed by atoms with Crippen LogP contribution in [0.25, 0.3) is 0 Å². The number of carbonyl (C=O) groups is 2. The highest BCUT2D eigenvalue weighted by molar-refractivity contribution is 5.76. The smallest absolute Gasteiger partial charge is 0.305 e. The summed E-state index contributed by atoms with van der Waals surface area (Å²) in [5, 5.41) is 23.2. The summed E-state index contributed by atoms with van der Waals surface area (Å²) < 4.78 is 5.46. The molecule has 0 heterocycles. The predicted molar refractivity (Wildman–Crippen MR) is 329 cm³/mol. The third-order valence-corrected chi connectivity index (χ3v) is 15.3. The minimum absolute atomic E-state index is 0.00155. The molecular weight excluding hydrogens is 923 g/mol. The Bertz CT molecular complexity index is 1260. The molecule has 0 aliphatic heterocycles. The van der Waals surface area contributed by atoms with Gasteiger partial charge in [0.1, 0.15) is 0 Å². The molecule has 0 aliphatic carbocycles. The van der Waals surface area contributed by atoms with Gasteiger partial charge in [-0.3, -0.25) is 9.59 Å². The molecule has 0 bridgehead atoms. The van der Waals surface area contributed by atoms with E-state index in [0.29, 0.717) is 19.4 Å². The molecule has 0 spiro atoms. The lowest BCUT2D eigenvalue weighted by Gasteiger charge is -2.20. The van der Waals surface area contributed by atoms with E-state index < -0.39 is 12.1 Å². The predicted octanol–water partition coefficient (Wildman–Crippen LogP) is 21.3. The highest BCUT2D eigenvalue weighted by atomic mass is 16.5. The maximum Gasteiger partial charge on any atom is 0.305 e. The molecule has 0 saturated carbocycles. The van der Waals surface area contributed by atoms with Crippen molar-refractivity contribution >= 4 is 11.9 Å². The van der Waals surface area contributed by atoms with Crippen molar-refractivity contribution in [2.45, 2.75) is 366 Å². The van der Waals surface area contributed by atoms with Gasteiger partial charge in [-0.1, -0.05) is 306 Å². The van der Waals surface area contributed by atoms with Gasteiger partial charge in [0, 0.05) is 12.8 Å². The maximum absolute atomic E-state index is 12.5. The zero-order valence-corrected chi connectivity index (χ0v) is 50.3. The lowest BCUT2D eigenvalue weighted by atomic mass is 10.0. The molecule has 0 aliphatic rings. The minimum atomic E-state index is -0.844. The van der Waals surface area contributed by atoms with Gasteiger partial charge in [0.2, 0.25) is 5.91 Å². The van der Waals surface area contributed by atoms with E-state index in [0.717, 1.165) is 51.4 Å². The van der Waals surface area contributed by atoms with Crippen LogP contribution in [0, 0.1) is 0 Å². The van der Waals surface area contributed by atoms with E-state index >= 15 is 0 Å². The Kier molecular flexibility index (Phi) is 62.5. The first-order valence-electron chi connectivity index (χ1n) is 33.4. The topological polar surface area (TPSA) is 95.9 Å². The van der Waals surface area contributed by atoms with Gasteiger partial charge >= 0.3 is 5.97 Å². The number of hydrogen-bond acceptors (Lipinski definition) is 5. The monoisotopic (exact) mass is 1050 g/mol. The SMILES string of the molecule is CCCC/C=C\CCCCCCCC(=O)OCCCCCCCCCCC/C=C\C/C=C\CCCCCCCCCCCCCCCCCC(=O)NC(CO)C(O)/C=C/CCCCCCCCCCCCCCCC. The second-order valence-electron chi connectivity index (χ2n) is 22.8. The number of rotatable bonds is 62. The third kappa shape index (κ3) is 60.9. The van der Waals surface area contributed by atoms with Gasteiger partial charge in [0.05, 0.1) is 25.4 Å². The van der Waals surface area contributed by atoms with Crippen LogP contribution in [0.3, 0.4) is 0 Å². The summed E-state index contributed by atoms with van der Waals surface area (Å²) >= 11 is 0. The van der Waals surface area contributed by atoms with Crippen molar-refractivity contribution in [1.29, 1.82) is 0 Å². The normalized spacial score (nSPS) is 12.9. The standard InChI is InChI=1S/C69H129NO5/c1-3-5-7-9-11-13-15-16-17-35-38-42-45-49-53-57-61-67(72)66(65-71)70-68(73)62-58-54-50-46-43-39-36-33-31-29-27-25-23-21-19-18-20-22-24-26-28-30-32-34-37-40-44-48-52-56-60-64-75-69(74)63-59-55-51-47-41-14-12-10-8-6-4-2/h10,12,20,22,26,28,57,61,66-67,71-72H,3-9,11,13-19,21,23-25,27,29-56,58-60,62-65H2,1-2H3,(H,70,73)/b12-10-,22-20-,28-26-,61-57+. The van der Waals surface area contributed by atoms with Crippen LogP contribution in [0.15, 0.2) is 48.6 Å². The van der Waals surface area contributed by atoms with Crippen LogP contribution in [-0.4, -0.2) is 47.4 Å². The van der Waals surface area contributed by atoms with Crippen LogP contribution in [-0.2, 0) is 14.3 Å². The first-order chi connectivity index (χ1) is 37.0. The summed E-state index contributed by atoms with van der Waals surface area (Å²) in [6.07, 6.45) is 83.2. The van der Waals surface area contributed by atoms with Crippen LogP contribution in [0.2, 0.25) is 0 Å². The molecular formula is C69H129NO5. The molecule has 2 unspecified atom stereocenters. The number of aliphatic hydroxyl groups is 2. The fourth-order valence-electron chi connectivity index (χ4n) is 10.2. The Labute approximate surface area is 467 Å². The van der Waals surface area contributed by atoms with E-state index in [1.54, 1.807) is 6.08 Å². The molecule has 6 nitrogen and oxygen atoms in total. The average Bonchev–Trinajstić information content (AvgIpc) is 3.41. The Morgan fingerprint density at radius 1 is 0.373 bits per heavy atom. The van der Waals surface area contributed by atoms with Crippen LogP contribution < -0.4 is 5.32 Å². The van der Waals surface area contributed by atoms with E-state index in [4.69, 9.17) is 4.74 Å². The number of nitrogens with one attached hydrogen (secondary N) is 1. The minimum Gasteiger partial charge on any atom is -0.466 e. The van der Waals surface area contributed by atoms with Gasteiger partial charge in [0.15, 0.2) is 0 Å². The van der Waals surface area contributed by atoms with Gasteiger partial charge in [-0.25, -0.2) is 0 Å². The number of ether oxygens (including phenoxy) is 1. The molecule has 0 rings (SSSR count). The van der Waals surface area contributed by atoms with Gasteiger partial charge < -0.3 is 20.3 Å². The molecule has 3 N–H and O–H groups in total. The average molecular weight is 1050 g/mol. The first-order valence-corrected chi connectivity index (χ1v) is 33.4. The second-order valence-corrected chi connectivity index (χ2v) is 22.8. The van der Waals surface area contributed by atoms with Gasteiger partial charge in [-0.15, -0.1) is 0 Å². The maximum atomic E-state index is 12.5. The highest BCUT2D eigenvalue weighted by Gasteiger charge is 2.18. The summed E-state index contributed by atoms with van der Waals surface area (Å²) in [5.41, 5.74) is 0. The molecule has 0 saturated heterocycles. The third-order valence-electron chi connectivity index (χ3n) is 15.3. The van der Waals surface area contributed by atoms with Crippen molar-refractivity contribution in [3.05, 3.63) is 48.6 Å². The first kappa shape index (κ1) is 72.8. The molecule has 75 heavy (non-hydrogen) atoms. The zero-order chi connectivity index (χ0) is 54.3. The lowest BCUT2D eigenvalue weighted by molar-refractivity contribution is -0.143. The fraction of sp³-hybridized carbons (Fsp3) is 0.855. The number of allylic oxidation sites excluding steroid dienone is 7. The number of hydrogen-bond donors (Lipinski definition) is 3. The largest absolute Gasteiger partial charge is 0.466 e. The number of esters is 1. The quantitative estimate of drug-likeness (QED) is 0.0320. The molecule has 0 aromatic heterocycles. The number of amides is 1. The Balaban J connectivity index is 3.42. The second kappa shape index (κ2) is 64.3. The van der Waals surface area contributed by atoms with E-state index in [1.807, 2.05) is 6.08 Å². The fourth-order valence-corrected chi connectivity index (χ4v) is 10.2. The lowest BCUT2D eigenvalue weighted by Crippen LogP contribution is -2.45. The summed E-state index contributed by atoms with van der Waals surface area (Å²) in [4.78, 5) is 24.5. The summed E-state index contributed by atoms with van der Waals surface area (Å²) in [6.45, 7) is 4.88. The van der Waals surface area contributed by atoms with Gasteiger partial charge in [-0.2, -0.15) is 0 Å². The zero-order valence-electron chi connectivity index (χ0n) is 50.3. The summed E-state index contributed by atoms with van der Waals surface area (Å²) in [7, 11) is 0. The Morgan fingerprint density at radius 2 is 0.680 bits per heavy atom. The molecule has 6 heteroatoms. The van der Waals surface area contributed by atoms with Crippen molar-refractivity contribution in [3.63, 3.8) is 0 Å². The van der Waals surface area contributed by atoms with Gasteiger partial charge in [0.25, 0.3) is 0 Å². The van der Waals surface area contributed by atoms with Crippen molar-refractivity contribution in [2.75, 3.05) is 13.2 Å². The van der Waals surface area contributed by atoms with E-state index in [2.05, 4.69) is 55.6 Å². The van der Waals surface area contributed by atoms with E-state index in [-0.39, 0.29) is 18.5 Å². The van der Waals surface area contributed by atoms with Crippen LogP contribution >= 0.6 is 0 Å². The number of carbonyl (C=O) groups excluding carboxylic acids is 2. The molecule has 0 radical (unpaired) electrons. The summed E-state index contributed by atoms with van der Waals surface area (Å²) in [6, 6.07) is -0.628. The van der Waals surface area contributed by atoms with Crippen molar-refractivity contribution < 1.29 is 24.5 Å². The van der Waals surface area contributed by atoms with Crippen molar-refractivity contribution in [3.8, 4) is 0 Å². The van der Waals surface area contributed by atoms with Crippen LogP contribution in [0.4, 0.5) is 0 Å². The van der Waals surface area contributed by atoms with E-state index in [1.165, 1.54) is 276 Å². The summed E-state index contributed by atoms with van der Waals surface area (Å²) in [5.74, 6) is -0.0641. The molecule has 440 valence electrons. The van der Waals surface area contributed by atoms with Crippen LogP contribution in [0.1, 0.15) is 354 Å². The van der Waals surface area contributed by atoms with Crippen LogP contribution in [0.5, 0.6) is 0 Å². The molecule has 2 atom stereocenters. The highest BCUT2D eigenvalue weighted by Crippen LogP contribution is 2.17. The molecule has 1 amide bonds. The number of unbranched alkanes of at least 4 members (excludes halogenated alkanes) is 45. The van der Waals surface area contributed by atoms with Gasteiger partial charge in [-0.05, 0) is 83.5 Å². The van der Waals surface area contributed by atoms with Crippen molar-refractivity contribution in [1.82, 2.24) is 5.32 Å². The van der Waals surface area contributed by atoms with E-state index in [9.17, 15) is 19.8 Å².